The summed E-state index contributed by atoms with van der Waals surface area (Å²) in [7, 11) is 1.87. The number of alkyl carbamates (subject to hydrolysis) is 1. The number of benzene rings is 1. The molecule has 0 saturated carbocycles. The van der Waals surface area contributed by atoms with E-state index in [1.807, 2.05) is 63.5 Å². The van der Waals surface area contributed by atoms with Crippen LogP contribution in [0.15, 0.2) is 60.3 Å². The van der Waals surface area contributed by atoms with Gasteiger partial charge in [-0.15, -0.1) is 0 Å². The Kier molecular flexibility index (Phi) is 5.89. The minimum absolute atomic E-state index is 0.0205. The Bertz CT molecular complexity index is 1160. The molecule has 2 aromatic rings. The van der Waals surface area contributed by atoms with Crippen LogP contribution >= 0.6 is 0 Å². The van der Waals surface area contributed by atoms with Crippen LogP contribution in [0.5, 0.6) is 0 Å². The van der Waals surface area contributed by atoms with Crippen molar-refractivity contribution in [2.75, 3.05) is 0 Å². The third-order valence-electron chi connectivity index (χ3n) is 5.95. The quantitative estimate of drug-likeness (QED) is 0.554. The standard InChI is InChI=1S/C25H32N6O3/c1-15-18(16-13-26-31(6)14-16)12-19-21(27-15)29-20(22(32)28-19)25(5,17-10-8-7-9-11-17)30-23(33)34-24(2,3)4/h7-15,20,27,29H,1-6H3,(H,28,32)(H,30,33)/t15?,20-,25-/m1/s1. The number of dihydropyridines is 1. The average molecular weight is 465 g/mol. The zero-order chi connectivity index (χ0) is 24.7. The summed E-state index contributed by atoms with van der Waals surface area (Å²) in [6, 6.07) is 8.59. The lowest BCUT2D eigenvalue weighted by molar-refractivity contribution is -0.124. The molecular weight excluding hydrogens is 432 g/mol. The van der Waals surface area contributed by atoms with Crippen molar-refractivity contribution in [2.45, 2.75) is 57.8 Å². The molecule has 180 valence electrons. The fraction of sp³-hybridized carbons (Fsp3) is 0.400. The summed E-state index contributed by atoms with van der Waals surface area (Å²) < 4.78 is 7.26. The van der Waals surface area contributed by atoms with E-state index in [9.17, 15) is 9.59 Å². The number of nitrogens with zero attached hydrogens (tertiary/aromatic N) is 2. The summed E-state index contributed by atoms with van der Waals surface area (Å²) in [5.74, 6) is 0.428. The number of carbonyl (C=O) groups is 2. The van der Waals surface area contributed by atoms with Crippen LogP contribution in [0.2, 0.25) is 0 Å². The lowest BCUT2D eigenvalue weighted by Gasteiger charge is -2.43. The Labute approximate surface area is 199 Å². The molecule has 9 nitrogen and oxygen atoms in total. The van der Waals surface area contributed by atoms with Gasteiger partial charge in [-0.3, -0.25) is 9.48 Å². The smallest absolute Gasteiger partial charge is 0.408 e. The van der Waals surface area contributed by atoms with Gasteiger partial charge in [0.25, 0.3) is 0 Å². The molecule has 9 heteroatoms. The third-order valence-corrected chi connectivity index (χ3v) is 5.95. The molecular formula is C25H32N6O3. The first-order chi connectivity index (χ1) is 16.0. The lowest BCUT2D eigenvalue weighted by Crippen LogP contribution is -2.66. The number of aromatic nitrogens is 2. The van der Waals surface area contributed by atoms with E-state index >= 15 is 0 Å². The van der Waals surface area contributed by atoms with Gasteiger partial charge in [0.15, 0.2) is 0 Å². The number of amides is 2. The van der Waals surface area contributed by atoms with Crippen molar-refractivity contribution >= 4 is 17.6 Å². The van der Waals surface area contributed by atoms with Crippen molar-refractivity contribution in [3.05, 3.63) is 71.4 Å². The highest BCUT2D eigenvalue weighted by Gasteiger charge is 2.46. The van der Waals surface area contributed by atoms with E-state index in [0.717, 1.165) is 16.7 Å². The van der Waals surface area contributed by atoms with Crippen LogP contribution in [0, 0.1) is 0 Å². The van der Waals surface area contributed by atoms with E-state index in [1.165, 1.54) is 0 Å². The molecule has 0 spiro atoms. The van der Waals surface area contributed by atoms with Crippen molar-refractivity contribution in [3.8, 4) is 0 Å². The number of rotatable bonds is 4. The number of allylic oxidation sites excluding steroid dienone is 1. The van der Waals surface area contributed by atoms with Crippen molar-refractivity contribution in [1.29, 1.82) is 0 Å². The topological polar surface area (TPSA) is 109 Å². The summed E-state index contributed by atoms with van der Waals surface area (Å²) in [4.78, 5) is 26.2. The minimum atomic E-state index is -1.09. The molecule has 1 unspecified atom stereocenters. The molecule has 0 bridgehead atoms. The summed E-state index contributed by atoms with van der Waals surface area (Å²) in [6.45, 7) is 9.26. The first-order valence-corrected chi connectivity index (χ1v) is 11.3. The Morgan fingerprint density at radius 3 is 2.47 bits per heavy atom. The highest BCUT2D eigenvalue weighted by molar-refractivity contribution is 5.89. The van der Waals surface area contributed by atoms with Crippen molar-refractivity contribution in [1.82, 2.24) is 31.0 Å². The Morgan fingerprint density at radius 1 is 1.15 bits per heavy atom. The van der Waals surface area contributed by atoms with E-state index in [-0.39, 0.29) is 11.9 Å². The number of hydrogen-bond donors (Lipinski definition) is 4. The molecule has 2 amide bonds. The Balaban J connectivity index is 1.68. The van der Waals surface area contributed by atoms with Gasteiger partial charge in [-0.2, -0.15) is 5.10 Å². The zero-order valence-corrected chi connectivity index (χ0v) is 20.4. The second kappa shape index (κ2) is 8.55. The van der Waals surface area contributed by atoms with Crippen LogP contribution in [0.25, 0.3) is 5.57 Å². The maximum absolute atomic E-state index is 13.4. The van der Waals surface area contributed by atoms with Crippen LogP contribution in [0.3, 0.4) is 0 Å². The van der Waals surface area contributed by atoms with Crippen LogP contribution in [0.4, 0.5) is 4.79 Å². The molecule has 1 aromatic heterocycles. The van der Waals surface area contributed by atoms with Crippen molar-refractivity contribution in [3.63, 3.8) is 0 Å². The second-order valence-corrected chi connectivity index (χ2v) is 9.92. The molecule has 4 N–H and O–H groups in total. The molecule has 3 atom stereocenters. The zero-order valence-electron chi connectivity index (χ0n) is 20.4. The molecule has 3 heterocycles. The maximum atomic E-state index is 13.4. The van der Waals surface area contributed by atoms with Gasteiger partial charge in [-0.05, 0) is 51.8 Å². The largest absolute Gasteiger partial charge is 0.444 e. The molecule has 1 aromatic carbocycles. The highest BCUT2D eigenvalue weighted by Crippen LogP contribution is 2.31. The van der Waals surface area contributed by atoms with Gasteiger partial charge in [-0.25, -0.2) is 4.79 Å². The number of carbonyl (C=O) groups excluding carboxylic acids is 2. The molecule has 0 saturated heterocycles. The predicted octanol–water partition coefficient (Wildman–Crippen LogP) is 2.49. The molecule has 2 aliphatic heterocycles. The van der Waals surface area contributed by atoms with Gasteiger partial charge >= 0.3 is 6.09 Å². The van der Waals surface area contributed by atoms with Gasteiger partial charge in [0, 0.05) is 18.8 Å². The van der Waals surface area contributed by atoms with E-state index < -0.39 is 23.3 Å². The van der Waals surface area contributed by atoms with Gasteiger partial charge in [-0.1, -0.05) is 30.3 Å². The van der Waals surface area contributed by atoms with Crippen LogP contribution in [-0.2, 0) is 22.1 Å². The third kappa shape index (κ3) is 4.64. The lowest BCUT2D eigenvalue weighted by atomic mass is 9.82. The number of aryl methyl sites for hydroxylation is 1. The SMILES string of the molecule is CC1NC2=C(C=C1c1cnn(C)c1)NC(=O)[C@H]([C@](C)(NC(=O)OC(C)(C)C)c1ccccc1)N2. The molecule has 0 fully saturated rings. The van der Waals surface area contributed by atoms with Crippen LogP contribution < -0.4 is 21.3 Å². The minimum Gasteiger partial charge on any atom is -0.444 e. The number of hydrogen-bond acceptors (Lipinski definition) is 6. The molecule has 0 radical (unpaired) electrons. The Hall–Kier alpha value is -3.75. The number of nitrogens with one attached hydrogen (secondary N) is 4. The monoisotopic (exact) mass is 464 g/mol. The van der Waals surface area contributed by atoms with Gasteiger partial charge in [0.1, 0.15) is 17.5 Å². The van der Waals surface area contributed by atoms with Crippen LogP contribution in [0.1, 0.15) is 45.7 Å². The van der Waals surface area contributed by atoms with E-state index in [1.54, 1.807) is 31.6 Å². The average Bonchev–Trinajstić information content (AvgIpc) is 3.18. The highest BCUT2D eigenvalue weighted by atomic mass is 16.6. The Morgan fingerprint density at radius 2 is 1.85 bits per heavy atom. The fourth-order valence-electron chi connectivity index (χ4n) is 4.28. The summed E-state index contributed by atoms with van der Waals surface area (Å²) in [5, 5.41) is 17.0. The van der Waals surface area contributed by atoms with Gasteiger partial charge in [0.05, 0.1) is 23.5 Å². The molecule has 4 rings (SSSR count). The van der Waals surface area contributed by atoms with Gasteiger partial charge in [0.2, 0.25) is 5.91 Å². The first-order valence-electron chi connectivity index (χ1n) is 11.3. The fourth-order valence-corrected chi connectivity index (χ4v) is 4.28. The summed E-state index contributed by atoms with van der Waals surface area (Å²) >= 11 is 0. The van der Waals surface area contributed by atoms with E-state index in [0.29, 0.717) is 11.5 Å². The van der Waals surface area contributed by atoms with E-state index in [4.69, 9.17) is 4.74 Å². The van der Waals surface area contributed by atoms with Gasteiger partial charge < -0.3 is 26.0 Å². The summed E-state index contributed by atoms with van der Waals surface area (Å²) in [6.07, 6.45) is 5.09. The van der Waals surface area contributed by atoms with E-state index in [2.05, 4.69) is 26.4 Å². The predicted molar refractivity (Wildman–Crippen MR) is 129 cm³/mol. The number of ether oxygens (including phenoxy) is 1. The maximum Gasteiger partial charge on any atom is 0.408 e. The second-order valence-electron chi connectivity index (χ2n) is 9.92. The molecule has 34 heavy (non-hydrogen) atoms. The first kappa shape index (κ1) is 23.4. The van der Waals surface area contributed by atoms with Crippen LogP contribution in [-0.4, -0.2) is 39.5 Å². The van der Waals surface area contributed by atoms with Crippen molar-refractivity contribution in [2.24, 2.45) is 7.05 Å². The molecule has 0 aliphatic carbocycles. The normalized spacial score (nSPS) is 21.8. The molecule has 2 aliphatic rings. The summed E-state index contributed by atoms with van der Waals surface area (Å²) in [5.41, 5.74) is 1.65. The van der Waals surface area contributed by atoms with Crippen molar-refractivity contribution < 1.29 is 14.3 Å².